The molecule has 0 unspecified atom stereocenters. The van der Waals surface area contributed by atoms with Crippen molar-refractivity contribution in [1.29, 1.82) is 0 Å². The Kier molecular flexibility index (Phi) is 3.80. The normalized spacial score (nSPS) is 16.6. The van der Waals surface area contributed by atoms with Crippen molar-refractivity contribution < 1.29 is 14.3 Å². The summed E-state index contributed by atoms with van der Waals surface area (Å²) in [6.07, 6.45) is 0. The molecule has 0 saturated carbocycles. The molecule has 0 spiro atoms. The van der Waals surface area contributed by atoms with Gasteiger partial charge in [0.1, 0.15) is 5.41 Å². The van der Waals surface area contributed by atoms with Crippen molar-refractivity contribution >= 4 is 11.7 Å². The SMILES string of the molecule is COC(=O)C1(CN(C)c2ccc(C)c(C)c2)COC1. The Labute approximate surface area is 114 Å². The summed E-state index contributed by atoms with van der Waals surface area (Å²) < 4.78 is 10.1. The molecule has 0 aliphatic carbocycles. The summed E-state index contributed by atoms with van der Waals surface area (Å²) in [5.74, 6) is -0.186. The van der Waals surface area contributed by atoms with E-state index in [2.05, 4.69) is 36.9 Å². The van der Waals surface area contributed by atoms with Gasteiger partial charge >= 0.3 is 5.97 Å². The smallest absolute Gasteiger partial charge is 0.318 e. The summed E-state index contributed by atoms with van der Waals surface area (Å²) in [6.45, 7) is 5.68. The number of benzene rings is 1. The molecule has 104 valence electrons. The first kappa shape index (κ1) is 13.9. The molecule has 1 aliphatic heterocycles. The lowest BCUT2D eigenvalue weighted by Crippen LogP contribution is -2.56. The van der Waals surface area contributed by atoms with Gasteiger partial charge in [-0.3, -0.25) is 4.79 Å². The van der Waals surface area contributed by atoms with Crippen LogP contribution in [0.1, 0.15) is 11.1 Å². The third-order valence-corrected chi connectivity index (χ3v) is 3.85. The van der Waals surface area contributed by atoms with E-state index in [9.17, 15) is 4.79 Å². The average molecular weight is 263 g/mol. The molecule has 1 fully saturated rings. The van der Waals surface area contributed by atoms with E-state index in [4.69, 9.17) is 9.47 Å². The monoisotopic (exact) mass is 263 g/mol. The summed E-state index contributed by atoms with van der Waals surface area (Å²) in [5.41, 5.74) is 3.12. The Morgan fingerprint density at radius 2 is 2.05 bits per heavy atom. The topological polar surface area (TPSA) is 38.8 Å². The second-order valence-corrected chi connectivity index (χ2v) is 5.39. The summed E-state index contributed by atoms with van der Waals surface area (Å²) in [6, 6.07) is 6.32. The van der Waals surface area contributed by atoms with Crippen LogP contribution in [0.5, 0.6) is 0 Å². The van der Waals surface area contributed by atoms with Gasteiger partial charge in [0.25, 0.3) is 0 Å². The number of rotatable bonds is 4. The molecule has 4 heteroatoms. The molecule has 0 radical (unpaired) electrons. The van der Waals surface area contributed by atoms with Gasteiger partial charge < -0.3 is 14.4 Å². The first-order valence-corrected chi connectivity index (χ1v) is 6.43. The lowest BCUT2D eigenvalue weighted by Gasteiger charge is -2.41. The van der Waals surface area contributed by atoms with Crippen LogP contribution in [-0.4, -0.2) is 39.9 Å². The largest absolute Gasteiger partial charge is 0.468 e. The van der Waals surface area contributed by atoms with E-state index in [0.717, 1.165) is 5.69 Å². The molecule has 2 rings (SSSR count). The Morgan fingerprint density at radius 3 is 2.53 bits per heavy atom. The number of nitrogens with zero attached hydrogens (tertiary/aromatic N) is 1. The molecule has 0 bridgehead atoms. The fourth-order valence-electron chi connectivity index (χ4n) is 2.35. The van der Waals surface area contributed by atoms with Crippen molar-refractivity contribution in [1.82, 2.24) is 0 Å². The Hall–Kier alpha value is -1.55. The Balaban J connectivity index is 2.13. The van der Waals surface area contributed by atoms with Crippen LogP contribution in [0.3, 0.4) is 0 Å². The maximum atomic E-state index is 11.9. The number of anilines is 1. The molecule has 0 amide bonds. The van der Waals surface area contributed by atoms with Gasteiger partial charge in [0.05, 0.1) is 20.3 Å². The molecule has 1 saturated heterocycles. The van der Waals surface area contributed by atoms with Crippen molar-refractivity contribution in [2.24, 2.45) is 5.41 Å². The van der Waals surface area contributed by atoms with Gasteiger partial charge in [0.2, 0.25) is 0 Å². The fraction of sp³-hybridized carbons (Fsp3) is 0.533. The second-order valence-electron chi connectivity index (χ2n) is 5.39. The molecule has 1 aliphatic rings. The van der Waals surface area contributed by atoms with Crippen molar-refractivity contribution in [2.75, 3.05) is 38.8 Å². The molecular weight excluding hydrogens is 242 g/mol. The van der Waals surface area contributed by atoms with Crippen LogP contribution in [0.2, 0.25) is 0 Å². The standard InChI is InChI=1S/C15H21NO3/c1-11-5-6-13(7-12(11)2)16(3)8-15(9-19-10-15)14(17)18-4/h5-7H,8-10H2,1-4H3. The molecule has 19 heavy (non-hydrogen) atoms. The maximum absolute atomic E-state index is 11.9. The predicted molar refractivity (Wildman–Crippen MR) is 74.5 cm³/mol. The van der Waals surface area contributed by atoms with Crippen molar-refractivity contribution in [3.05, 3.63) is 29.3 Å². The van der Waals surface area contributed by atoms with Crippen LogP contribution in [0, 0.1) is 19.3 Å². The molecule has 1 heterocycles. The van der Waals surface area contributed by atoms with Crippen molar-refractivity contribution in [3.63, 3.8) is 0 Å². The highest BCUT2D eigenvalue weighted by atomic mass is 16.5. The van der Waals surface area contributed by atoms with Crippen LogP contribution in [0.25, 0.3) is 0 Å². The Bertz CT molecular complexity index is 480. The van der Waals surface area contributed by atoms with Crippen LogP contribution < -0.4 is 4.90 Å². The first-order valence-electron chi connectivity index (χ1n) is 6.43. The highest BCUT2D eigenvalue weighted by Gasteiger charge is 2.48. The van der Waals surface area contributed by atoms with Gasteiger partial charge in [-0.1, -0.05) is 6.07 Å². The minimum Gasteiger partial charge on any atom is -0.468 e. The van der Waals surface area contributed by atoms with Crippen LogP contribution >= 0.6 is 0 Å². The quantitative estimate of drug-likeness (QED) is 0.778. The molecule has 4 nitrogen and oxygen atoms in total. The number of hydrogen-bond acceptors (Lipinski definition) is 4. The van der Waals surface area contributed by atoms with Gasteiger partial charge in [0, 0.05) is 19.3 Å². The van der Waals surface area contributed by atoms with E-state index in [1.165, 1.54) is 18.2 Å². The number of hydrogen-bond donors (Lipinski definition) is 0. The average Bonchev–Trinajstić information content (AvgIpc) is 2.35. The zero-order chi connectivity index (χ0) is 14.0. The lowest BCUT2D eigenvalue weighted by atomic mass is 9.85. The van der Waals surface area contributed by atoms with Crippen LogP contribution in [0.4, 0.5) is 5.69 Å². The van der Waals surface area contributed by atoms with Gasteiger partial charge in [-0.15, -0.1) is 0 Å². The number of methoxy groups -OCH3 is 1. The van der Waals surface area contributed by atoms with Gasteiger partial charge in [0.15, 0.2) is 0 Å². The second kappa shape index (κ2) is 5.21. The molecule has 1 aromatic carbocycles. The van der Waals surface area contributed by atoms with Gasteiger partial charge in [-0.25, -0.2) is 0 Å². The number of aryl methyl sites for hydroxylation is 2. The van der Waals surface area contributed by atoms with Crippen molar-refractivity contribution in [2.45, 2.75) is 13.8 Å². The van der Waals surface area contributed by atoms with E-state index < -0.39 is 5.41 Å². The Morgan fingerprint density at radius 1 is 1.37 bits per heavy atom. The van der Waals surface area contributed by atoms with Gasteiger partial charge in [-0.2, -0.15) is 0 Å². The molecule has 1 aromatic rings. The van der Waals surface area contributed by atoms with E-state index in [1.54, 1.807) is 0 Å². The van der Waals surface area contributed by atoms with Crippen LogP contribution in [-0.2, 0) is 14.3 Å². The highest BCUT2D eigenvalue weighted by Crippen LogP contribution is 2.31. The minimum atomic E-state index is -0.512. The van der Waals surface area contributed by atoms with E-state index in [1.807, 2.05) is 7.05 Å². The number of carbonyl (C=O) groups excluding carboxylic acids is 1. The molecule has 0 atom stereocenters. The predicted octanol–water partition coefficient (Wildman–Crippen LogP) is 1.93. The van der Waals surface area contributed by atoms with E-state index >= 15 is 0 Å². The maximum Gasteiger partial charge on any atom is 0.318 e. The van der Waals surface area contributed by atoms with E-state index in [-0.39, 0.29) is 5.97 Å². The van der Waals surface area contributed by atoms with Gasteiger partial charge in [-0.05, 0) is 37.1 Å². The third-order valence-electron chi connectivity index (χ3n) is 3.85. The zero-order valence-electron chi connectivity index (χ0n) is 12.0. The van der Waals surface area contributed by atoms with E-state index in [0.29, 0.717) is 19.8 Å². The summed E-state index contributed by atoms with van der Waals surface area (Å²) in [4.78, 5) is 14.0. The zero-order valence-corrected chi connectivity index (χ0v) is 12.0. The number of esters is 1. The fourth-order valence-corrected chi connectivity index (χ4v) is 2.35. The highest BCUT2D eigenvalue weighted by molar-refractivity contribution is 5.79. The lowest BCUT2D eigenvalue weighted by molar-refractivity contribution is -0.180. The minimum absolute atomic E-state index is 0.186. The molecule has 0 N–H and O–H groups in total. The number of carbonyl (C=O) groups is 1. The molecular formula is C15H21NO3. The summed E-state index contributed by atoms with van der Waals surface area (Å²) in [5, 5.41) is 0. The number of ether oxygens (including phenoxy) is 2. The molecule has 0 aromatic heterocycles. The first-order chi connectivity index (χ1) is 8.98. The van der Waals surface area contributed by atoms with Crippen molar-refractivity contribution in [3.8, 4) is 0 Å². The summed E-state index contributed by atoms with van der Waals surface area (Å²) in [7, 11) is 3.42. The third kappa shape index (κ3) is 2.59. The van der Waals surface area contributed by atoms with Crippen LogP contribution in [0.15, 0.2) is 18.2 Å². The summed E-state index contributed by atoms with van der Waals surface area (Å²) >= 11 is 0.